The molecule has 0 saturated carbocycles. The summed E-state index contributed by atoms with van der Waals surface area (Å²) in [5, 5.41) is 0.735. The predicted octanol–water partition coefficient (Wildman–Crippen LogP) is 2.16. The predicted molar refractivity (Wildman–Crippen MR) is 57.1 cm³/mol. The molecule has 4 nitrogen and oxygen atoms in total. The van der Waals surface area contributed by atoms with Crippen LogP contribution in [-0.2, 0) is 0 Å². The van der Waals surface area contributed by atoms with Crippen molar-refractivity contribution < 1.29 is 4.39 Å². The van der Waals surface area contributed by atoms with E-state index in [4.69, 9.17) is 0 Å². The van der Waals surface area contributed by atoms with Gasteiger partial charge in [0.15, 0.2) is 5.82 Å². The smallest absolute Gasteiger partial charge is 0.213 e. The van der Waals surface area contributed by atoms with E-state index in [9.17, 15) is 4.39 Å². The van der Waals surface area contributed by atoms with Gasteiger partial charge in [0, 0.05) is 35.6 Å². The Balaban J connectivity index is 2.29. The molecule has 3 aromatic rings. The fourth-order valence-electron chi connectivity index (χ4n) is 1.62. The molecule has 0 spiro atoms. The average molecular weight is 214 g/mol. The van der Waals surface area contributed by atoms with Crippen LogP contribution < -0.4 is 0 Å². The maximum absolute atomic E-state index is 13.0. The van der Waals surface area contributed by atoms with Crippen LogP contribution in [0.4, 0.5) is 4.39 Å². The highest BCUT2D eigenvalue weighted by Gasteiger charge is 2.09. The van der Waals surface area contributed by atoms with Gasteiger partial charge in [0.2, 0.25) is 5.95 Å². The Morgan fingerprint density at radius 1 is 1.12 bits per heavy atom. The number of halogens is 1. The van der Waals surface area contributed by atoms with Gasteiger partial charge in [-0.15, -0.1) is 0 Å². The van der Waals surface area contributed by atoms with E-state index in [1.165, 1.54) is 12.3 Å². The van der Waals surface area contributed by atoms with E-state index >= 15 is 0 Å². The number of nitrogens with one attached hydrogen (secondary N) is 1. The van der Waals surface area contributed by atoms with Crippen molar-refractivity contribution in [3.63, 3.8) is 0 Å². The number of pyridine rings is 1. The molecule has 0 aliphatic heterocycles. The molecule has 0 unspecified atom stereocenters. The summed E-state index contributed by atoms with van der Waals surface area (Å²) >= 11 is 0. The van der Waals surface area contributed by atoms with Crippen LogP contribution >= 0.6 is 0 Å². The Bertz CT molecular complexity index is 633. The molecule has 3 heterocycles. The molecule has 16 heavy (non-hydrogen) atoms. The quantitative estimate of drug-likeness (QED) is 0.631. The number of nitrogens with zero attached hydrogens (tertiary/aromatic N) is 3. The Labute approximate surface area is 90.2 Å². The second kappa shape index (κ2) is 3.37. The number of aromatic nitrogens is 4. The maximum atomic E-state index is 13.0. The van der Waals surface area contributed by atoms with Gasteiger partial charge in [-0.25, -0.2) is 15.0 Å². The van der Waals surface area contributed by atoms with Crippen LogP contribution in [0.3, 0.4) is 0 Å². The van der Waals surface area contributed by atoms with Crippen LogP contribution in [0.2, 0.25) is 0 Å². The standard InChI is InChI=1S/C11H7FN4/c12-10-4-7-8(5-15-9(7)6-16-10)11-13-2-1-3-14-11/h1-6,15H. The molecule has 0 saturated heterocycles. The van der Waals surface area contributed by atoms with Gasteiger partial charge >= 0.3 is 0 Å². The molecule has 0 fully saturated rings. The molecule has 0 atom stereocenters. The topological polar surface area (TPSA) is 54.5 Å². The van der Waals surface area contributed by atoms with Crippen molar-refractivity contribution in [3.05, 3.63) is 42.9 Å². The lowest BCUT2D eigenvalue weighted by Gasteiger charge is -1.96. The van der Waals surface area contributed by atoms with Crippen LogP contribution in [0, 0.1) is 5.95 Å². The first kappa shape index (κ1) is 8.96. The lowest BCUT2D eigenvalue weighted by molar-refractivity contribution is 0.586. The number of rotatable bonds is 1. The number of hydrogen-bond donors (Lipinski definition) is 1. The average Bonchev–Trinajstić information content (AvgIpc) is 2.73. The summed E-state index contributed by atoms with van der Waals surface area (Å²) in [5.41, 5.74) is 1.54. The Kier molecular flexibility index (Phi) is 1.89. The summed E-state index contributed by atoms with van der Waals surface area (Å²) in [5.74, 6) is 0.0589. The molecule has 0 amide bonds. The minimum Gasteiger partial charge on any atom is -0.359 e. The summed E-state index contributed by atoms with van der Waals surface area (Å²) in [6, 6.07) is 3.11. The molecule has 0 aliphatic rings. The van der Waals surface area contributed by atoms with Gasteiger partial charge in [0.05, 0.1) is 11.7 Å². The van der Waals surface area contributed by atoms with Crippen LogP contribution in [-0.4, -0.2) is 19.9 Å². The summed E-state index contributed by atoms with van der Waals surface area (Å²) in [6.45, 7) is 0. The molecular formula is C11H7FN4. The van der Waals surface area contributed by atoms with E-state index in [1.54, 1.807) is 24.7 Å². The molecule has 0 aliphatic carbocycles. The monoisotopic (exact) mass is 214 g/mol. The maximum Gasteiger partial charge on any atom is 0.213 e. The van der Waals surface area contributed by atoms with E-state index in [-0.39, 0.29) is 0 Å². The van der Waals surface area contributed by atoms with Gasteiger partial charge in [0.1, 0.15) is 0 Å². The highest BCUT2D eigenvalue weighted by atomic mass is 19.1. The van der Waals surface area contributed by atoms with E-state index in [1.807, 2.05) is 0 Å². The second-order valence-electron chi connectivity index (χ2n) is 3.33. The first-order valence-electron chi connectivity index (χ1n) is 4.74. The Morgan fingerprint density at radius 3 is 2.75 bits per heavy atom. The fraction of sp³-hybridized carbons (Fsp3) is 0. The van der Waals surface area contributed by atoms with Crippen molar-refractivity contribution in [2.24, 2.45) is 0 Å². The van der Waals surface area contributed by atoms with E-state index in [0.717, 1.165) is 16.5 Å². The van der Waals surface area contributed by atoms with Gasteiger partial charge < -0.3 is 4.98 Å². The molecule has 78 valence electrons. The Morgan fingerprint density at radius 2 is 1.94 bits per heavy atom. The number of aromatic amines is 1. The van der Waals surface area contributed by atoms with Crippen LogP contribution in [0.1, 0.15) is 0 Å². The molecular weight excluding hydrogens is 207 g/mol. The van der Waals surface area contributed by atoms with Gasteiger partial charge in [-0.3, -0.25) is 0 Å². The fourth-order valence-corrected chi connectivity index (χ4v) is 1.62. The van der Waals surface area contributed by atoms with E-state index < -0.39 is 5.95 Å². The van der Waals surface area contributed by atoms with Crippen molar-refractivity contribution in [1.82, 2.24) is 19.9 Å². The SMILES string of the molecule is Fc1cc2c(-c3ncccn3)c[nH]c2cn1. The van der Waals surface area contributed by atoms with Crippen LogP contribution in [0.5, 0.6) is 0 Å². The van der Waals surface area contributed by atoms with Crippen molar-refractivity contribution in [2.45, 2.75) is 0 Å². The summed E-state index contributed by atoms with van der Waals surface area (Å²) in [4.78, 5) is 14.8. The molecule has 0 bridgehead atoms. The number of hydrogen-bond acceptors (Lipinski definition) is 3. The van der Waals surface area contributed by atoms with Crippen molar-refractivity contribution in [2.75, 3.05) is 0 Å². The zero-order valence-corrected chi connectivity index (χ0v) is 8.18. The van der Waals surface area contributed by atoms with Crippen LogP contribution in [0.15, 0.2) is 36.9 Å². The lowest BCUT2D eigenvalue weighted by atomic mass is 10.2. The first-order chi connectivity index (χ1) is 7.84. The molecule has 5 heteroatoms. The third kappa shape index (κ3) is 1.33. The minimum atomic E-state index is -0.510. The second-order valence-corrected chi connectivity index (χ2v) is 3.33. The molecule has 3 rings (SSSR count). The van der Waals surface area contributed by atoms with Gasteiger partial charge in [-0.1, -0.05) is 0 Å². The van der Waals surface area contributed by atoms with Crippen molar-refractivity contribution in [3.8, 4) is 11.4 Å². The Hall–Kier alpha value is -2.30. The molecule has 0 radical (unpaired) electrons. The highest BCUT2D eigenvalue weighted by Crippen LogP contribution is 2.25. The minimum absolute atomic E-state index is 0.510. The lowest BCUT2D eigenvalue weighted by Crippen LogP contribution is -1.86. The van der Waals surface area contributed by atoms with Gasteiger partial charge in [0.25, 0.3) is 0 Å². The zero-order valence-electron chi connectivity index (χ0n) is 8.18. The first-order valence-corrected chi connectivity index (χ1v) is 4.74. The molecule has 1 N–H and O–H groups in total. The van der Waals surface area contributed by atoms with Gasteiger partial charge in [-0.05, 0) is 6.07 Å². The zero-order chi connectivity index (χ0) is 11.0. The number of fused-ring (bicyclic) bond motifs is 1. The third-order valence-corrected chi connectivity index (χ3v) is 2.34. The molecule has 0 aromatic carbocycles. The summed E-state index contributed by atoms with van der Waals surface area (Å²) in [6.07, 6.45) is 6.51. The highest BCUT2D eigenvalue weighted by molar-refractivity contribution is 5.93. The van der Waals surface area contributed by atoms with Crippen molar-refractivity contribution >= 4 is 10.9 Å². The van der Waals surface area contributed by atoms with Gasteiger partial charge in [-0.2, -0.15) is 4.39 Å². The van der Waals surface area contributed by atoms with E-state index in [0.29, 0.717) is 5.82 Å². The van der Waals surface area contributed by atoms with Crippen molar-refractivity contribution in [1.29, 1.82) is 0 Å². The molecule has 3 aromatic heterocycles. The summed E-state index contributed by atoms with van der Waals surface area (Å²) in [7, 11) is 0. The largest absolute Gasteiger partial charge is 0.359 e. The van der Waals surface area contributed by atoms with E-state index in [2.05, 4.69) is 19.9 Å². The summed E-state index contributed by atoms with van der Waals surface area (Å²) < 4.78 is 13.0. The third-order valence-electron chi connectivity index (χ3n) is 2.34. The number of H-pyrrole nitrogens is 1. The van der Waals surface area contributed by atoms with Crippen LogP contribution in [0.25, 0.3) is 22.3 Å². The normalized spacial score (nSPS) is 10.8.